The molecule has 11 heavy (non-hydrogen) atoms. The maximum absolute atomic E-state index is 10.8. The predicted molar refractivity (Wildman–Crippen MR) is 43.4 cm³/mol. The monoisotopic (exact) mass is 156 g/mol. The molecule has 1 fully saturated rings. The Kier molecular flexibility index (Phi) is 2.21. The average Bonchev–Trinajstić information content (AvgIpc) is 1.95. The molecule has 0 aliphatic heterocycles. The summed E-state index contributed by atoms with van der Waals surface area (Å²) in [6.07, 6.45) is 3.85. The number of carboxylic acids is 1. The van der Waals surface area contributed by atoms with Crippen LogP contribution >= 0.6 is 0 Å². The van der Waals surface area contributed by atoms with Crippen LogP contribution in [0.4, 0.5) is 0 Å². The molecular weight excluding hydrogens is 140 g/mol. The molecule has 1 rings (SSSR count). The van der Waals surface area contributed by atoms with Crippen LogP contribution in [0.1, 0.15) is 39.5 Å². The van der Waals surface area contributed by atoms with Gasteiger partial charge in [0.05, 0.1) is 5.41 Å². The van der Waals surface area contributed by atoms with E-state index < -0.39 is 11.4 Å². The Morgan fingerprint density at radius 1 is 1.45 bits per heavy atom. The summed E-state index contributed by atoms with van der Waals surface area (Å²) < 4.78 is 0. The fourth-order valence-electron chi connectivity index (χ4n) is 1.61. The Labute approximate surface area is 67.6 Å². The minimum atomic E-state index is -0.621. The summed E-state index contributed by atoms with van der Waals surface area (Å²) in [7, 11) is 0. The summed E-state index contributed by atoms with van der Waals surface area (Å²) in [5, 5.41) is 8.88. The first-order chi connectivity index (χ1) is 5.04. The van der Waals surface area contributed by atoms with Crippen LogP contribution < -0.4 is 0 Å². The lowest BCUT2D eigenvalue weighted by Gasteiger charge is -2.32. The highest BCUT2D eigenvalue weighted by Gasteiger charge is 2.36. The van der Waals surface area contributed by atoms with Gasteiger partial charge in [0.1, 0.15) is 0 Å². The standard InChI is InChI=1S/C9H16O2/c1-7-3-5-9(2,6-4-7)8(10)11/h7H,3-6H2,1-2H3,(H,10,11). The molecule has 0 atom stereocenters. The molecule has 1 aliphatic rings. The molecule has 1 N–H and O–H groups in total. The first kappa shape index (κ1) is 8.57. The van der Waals surface area contributed by atoms with Gasteiger partial charge in [-0.1, -0.05) is 6.92 Å². The third-order valence-electron chi connectivity index (χ3n) is 2.89. The zero-order chi connectivity index (χ0) is 8.48. The molecule has 0 saturated heterocycles. The second-order valence-electron chi connectivity index (χ2n) is 4.05. The molecule has 0 aromatic rings. The van der Waals surface area contributed by atoms with Crippen LogP contribution in [-0.4, -0.2) is 11.1 Å². The lowest BCUT2D eigenvalue weighted by Crippen LogP contribution is -2.31. The lowest BCUT2D eigenvalue weighted by molar-refractivity contribution is -0.150. The molecule has 0 amide bonds. The fourth-order valence-corrected chi connectivity index (χ4v) is 1.61. The van der Waals surface area contributed by atoms with Crippen LogP contribution in [0.2, 0.25) is 0 Å². The highest BCUT2D eigenvalue weighted by Crippen LogP contribution is 2.38. The molecule has 0 heterocycles. The van der Waals surface area contributed by atoms with Crippen molar-refractivity contribution in [3.63, 3.8) is 0 Å². The van der Waals surface area contributed by atoms with Gasteiger partial charge in [-0.05, 0) is 38.5 Å². The van der Waals surface area contributed by atoms with E-state index in [1.165, 1.54) is 0 Å². The van der Waals surface area contributed by atoms with Crippen molar-refractivity contribution < 1.29 is 9.90 Å². The molecule has 2 nitrogen and oxygen atoms in total. The number of aliphatic carboxylic acids is 1. The van der Waals surface area contributed by atoms with Crippen LogP contribution in [0.15, 0.2) is 0 Å². The maximum atomic E-state index is 10.8. The van der Waals surface area contributed by atoms with Crippen molar-refractivity contribution >= 4 is 5.97 Å². The van der Waals surface area contributed by atoms with Gasteiger partial charge in [-0.15, -0.1) is 0 Å². The predicted octanol–water partition coefficient (Wildman–Crippen LogP) is 2.29. The first-order valence-corrected chi connectivity index (χ1v) is 4.28. The van der Waals surface area contributed by atoms with Gasteiger partial charge in [-0.25, -0.2) is 0 Å². The quantitative estimate of drug-likeness (QED) is 0.632. The van der Waals surface area contributed by atoms with Crippen molar-refractivity contribution in [1.29, 1.82) is 0 Å². The first-order valence-electron chi connectivity index (χ1n) is 4.28. The molecule has 2 heteroatoms. The second kappa shape index (κ2) is 2.84. The third-order valence-corrected chi connectivity index (χ3v) is 2.89. The van der Waals surface area contributed by atoms with Crippen molar-refractivity contribution in [3.05, 3.63) is 0 Å². The minimum Gasteiger partial charge on any atom is -0.481 e. The molecular formula is C9H16O2. The molecule has 0 aromatic carbocycles. The summed E-state index contributed by atoms with van der Waals surface area (Å²) in [5.74, 6) is 0.104. The third kappa shape index (κ3) is 1.73. The number of hydrogen-bond donors (Lipinski definition) is 1. The molecule has 0 radical (unpaired) electrons. The second-order valence-corrected chi connectivity index (χ2v) is 4.05. The molecule has 64 valence electrons. The van der Waals surface area contributed by atoms with E-state index in [4.69, 9.17) is 5.11 Å². The zero-order valence-corrected chi connectivity index (χ0v) is 7.26. The summed E-state index contributed by atoms with van der Waals surface area (Å²) in [6.45, 7) is 4.06. The van der Waals surface area contributed by atoms with E-state index in [9.17, 15) is 4.79 Å². The zero-order valence-electron chi connectivity index (χ0n) is 7.26. The SMILES string of the molecule is CC1CCC(C)(C(=O)O)CC1. The van der Waals surface area contributed by atoms with E-state index in [1.54, 1.807) is 0 Å². The van der Waals surface area contributed by atoms with Crippen molar-refractivity contribution in [2.75, 3.05) is 0 Å². The largest absolute Gasteiger partial charge is 0.481 e. The van der Waals surface area contributed by atoms with Crippen molar-refractivity contribution in [3.8, 4) is 0 Å². The van der Waals surface area contributed by atoms with Gasteiger partial charge in [0.25, 0.3) is 0 Å². The highest BCUT2D eigenvalue weighted by atomic mass is 16.4. The smallest absolute Gasteiger partial charge is 0.309 e. The molecule has 0 aromatic heterocycles. The molecule has 0 bridgehead atoms. The van der Waals surface area contributed by atoms with Crippen LogP contribution in [0.5, 0.6) is 0 Å². The van der Waals surface area contributed by atoms with E-state index in [-0.39, 0.29) is 0 Å². The minimum absolute atomic E-state index is 0.424. The van der Waals surface area contributed by atoms with E-state index in [0.717, 1.165) is 31.6 Å². The van der Waals surface area contributed by atoms with Gasteiger partial charge in [-0.2, -0.15) is 0 Å². The number of hydrogen-bond acceptors (Lipinski definition) is 1. The summed E-state index contributed by atoms with van der Waals surface area (Å²) in [5.41, 5.74) is -0.424. The Bertz CT molecular complexity index is 155. The van der Waals surface area contributed by atoms with Crippen LogP contribution in [0, 0.1) is 11.3 Å². The number of carbonyl (C=O) groups is 1. The van der Waals surface area contributed by atoms with Gasteiger partial charge >= 0.3 is 5.97 Å². The van der Waals surface area contributed by atoms with Crippen molar-refractivity contribution in [1.82, 2.24) is 0 Å². The normalized spacial score (nSPS) is 38.5. The lowest BCUT2D eigenvalue weighted by atomic mass is 9.72. The van der Waals surface area contributed by atoms with Crippen molar-refractivity contribution in [2.45, 2.75) is 39.5 Å². The van der Waals surface area contributed by atoms with E-state index in [1.807, 2.05) is 6.92 Å². The van der Waals surface area contributed by atoms with Crippen LogP contribution in [0.3, 0.4) is 0 Å². The molecule has 0 spiro atoms. The van der Waals surface area contributed by atoms with Crippen molar-refractivity contribution in [2.24, 2.45) is 11.3 Å². The van der Waals surface area contributed by atoms with Gasteiger partial charge < -0.3 is 5.11 Å². The topological polar surface area (TPSA) is 37.3 Å². The Hall–Kier alpha value is -0.530. The number of carboxylic acid groups (broad SMARTS) is 1. The summed E-state index contributed by atoms with van der Waals surface area (Å²) in [4.78, 5) is 10.8. The van der Waals surface area contributed by atoms with Gasteiger partial charge in [0.2, 0.25) is 0 Å². The molecule has 1 aliphatic carbocycles. The molecule has 0 unspecified atom stereocenters. The maximum Gasteiger partial charge on any atom is 0.309 e. The van der Waals surface area contributed by atoms with Crippen LogP contribution in [0.25, 0.3) is 0 Å². The highest BCUT2D eigenvalue weighted by molar-refractivity contribution is 5.74. The van der Waals surface area contributed by atoms with E-state index in [0.29, 0.717) is 0 Å². The van der Waals surface area contributed by atoms with E-state index >= 15 is 0 Å². The summed E-state index contributed by atoms with van der Waals surface area (Å²) >= 11 is 0. The Morgan fingerprint density at radius 3 is 2.27 bits per heavy atom. The molecule has 1 saturated carbocycles. The van der Waals surface area contributed by atoms with Crippen LogP contribution in [-0.2, 0) is 4.79 Å². The van der Waals surface area contributed by atoms with Gasteiger partial charge in [-0.3, -0.25) is 4.79 Å². The Balaban J connectivity index is 2.55. The average molecular weight is 156 g/mol. The van der Waals surface area contributed by atoms with Gasteiger partial charge in [0.15, 0.2) is 0 Å². The van der Waals surface area contributed by atoms with Gasteiger partial charge in [0, 0.05) is 0 Å². The Morgan fingerprint density at radius 2 is 1.91 bits per heavy atom. The fraction of sp³-hybridized carbons (Fsp3) is 0.889. The van der Waals surface area contributed by atoms with E-state index in [2.05, 4.69) is 6.92 Å². The number of rotatable bonds is 1. The summed E-state index contributed by atoms with van der Waals surface area (Å²) in [6, 6.07) is 0.